The van der Waals surface area contributed by atoms with E-state index in [1.165, 1.54) is 0 Å². The molecule has 4 rings (SSSR count). The van der Waals surface area contributed by atoms with Crippen molar-refractivity contribution in [2.24, 2.45) is 0 Å². The minimum absolute atomic E-state index is 0.359. The van der Waals surface area contributed by atoms with Crippen LogP contribution >= 0.6 is 0 Å². The van der Waals surface area contributed by atoms with E-state index in [9.17, 15) is 5.26 Å². The zero-order valence-electron chi connectivity index (χ0n) is 20.5. The number of rotatable bonds is 5. The molecule has 0 atom stereocenters. The number of hydrogen-bond acceptors (Lipinski definition) is 3. The maximum absolute atomic E-state index is 10.0. The van der Waals surface area contributed by atoms with E-state index in [4.69, 9.17) is 9.16 Å². The minimum atomic E-state index is -2.18. The Balaban J connectivity index is 1.92. The number of fused-ring (bicyclic) bond motifs is 5. The quantitative estimate of drug-likeness (QED) is 0.405. The monoisotopic (exact) mass is 446 g/mol. The van der Waals surface area contributed by atoms with Gasteiger partial charge in [-0.25, -0.2) is 0 Å². The number of ether oxygens (including phenoxy) is 1. The highest BCUT2D eigenvalue weighted by Gasteiger charge is 2.47. The van der Waals surface area contributed by atoms with Gasteiger partial charge < -0.3 is 14.1 Å². The number of aromatic nitrogens is 1. The Morgan fingerprint density at radius 2 is 1.66 bits per heavy atom. The standard InChI is InChI=1S/C27H34N2O2Si/c1-16(2)32(17(3)4,18(5)6)31-24-14-23-22(13-20(24)15-28)21-10-9-19-11-12-27(7,8)30-26(19)25(21)29-23/h9-14,16-18,29H,1-8H3. The number of nitrogens with zero attached hydrogens (tertiary/aromatic N) is 1. The molecule has 1 aliphatic heterocycles. The van der Waals surface area contributed by atoms with E-state index in [1.807, 2.05) is 12.1 Å². The van der Waals surface area contributed by atoms with Crippen LogP contribution in [0.3, 0.4) is 0 Å². The fourth-order valence-electron chi connectivity index (χ4n) is 5.53. The van der Waals surface area contributed by atoms with Crippen molar-refractivity contribution < 1.29 is 9.16 Å². The summed E-state index contributed by atoms with van der Waals surface area (Å²) in [6, 6.07) is 10.6. The molecule has 168 valence electrons. The molecule has 0 saturated heterocycles. The van der Waals surface area contributed by atoms with Crippen LogP contribution in [0.25, 0.3) is 27.9 Å². The van der Waals surface area contributed by atoms with Gasteiger partial charge >= 0.3 is 0 Å². The first kappa shape index (κ1) is 22.5. The molecule has 0 saturated carbocycles. The normalized spacial score (nSPS) is 15.4. The van der Waals surface area contributed by atoms with Crippen LogP contribution in [-0.2, 0) is 0 Å². The minimum Gasteiger partial charge on any atom is -0.542 e. The second-order valence-corrected chi connectivity index (χ2v) is 15.9. The van der Waals surface area contributed by atoms with Crippen molar-refractivity contribution in [2.75, 3.05) is 0 Å². The van der Waals surface area contributed by atoms with E-state index in [0.717, 1.165) is 33.1 Å². The Kier molecular flexibility index (Phi) is 5.41. The lowest BCUT2D eigenvalue weighted by molar-refractivity contribution is 0.161. The first-order valence-corrected chi connectivity index (χ1v) is 13.7. The lowest BCUT2D eigenvalue weighted by Crippen LogP contribution is -2.50. The van der Waals surface area contributed by atoms with Gasteiger partial charge in [0.05, 0.1) is 16.6 Å². The molecule has 0 bridgehead atoms. The molecular weight excluding hydrogens is 412 g/mol. The molecule has 0 radical (unpaired) electrons. The summed E-state index contributed by atoms with van der Waals surface area (Å²) in [5, 5.41) is 12.1. The third-order valence-corrected chi connectivity index (χ3v) is 13.0. The van der Waals surface area contributed by atoms with Crippen molar-refractivity contribution in [1.82, 2.24) is 4.98 Å². The summed E-state index contributed by atoms with van der Waals surface area (Å²) in [7, 11) is -2.18. The van der Waals surface area contributed by atoms with Gasteiger partial charge in [-0.15, -0.1) is 0 Å². The van der Waals surface area contributed by atoms with E-state index in [2.05, 4.69) is 90.7 Å². The van der Waals surface area contributed by atoms with E-state index >= 15 is 0 Å². The number of H-pyrrole nitrogens is 1. The molecule has 0 amide bonds. The maximum Gasteiger partial charge on any atom is 0.258 e. The van der Waals surface area contributed by atoms with E-state index < -0.39 is 8.32 Å². The largest absolute Gasteiger partial charge is 0.542 e. The van der Waals surface area contributed by atoms with Crippen molar-refractivity contribution in [2.45, 2.75) is 77.6 Å². The van der Waals surface area contributed by atoms with Gasteiger partial charge in [0.25, 0.3) is 8.32 Å². The average Bonchev–Trinajstić information content (AvgIpc) is 3.07. The molecule has 1 aliphatic rings. The van der Waals surface area contributed by atoms with Crippen molar-refractivity contribution >= 4 is 36.2 Å². The smallest absolute Gasteiger partial charge is 0.258 e. The molecule has 1 aromatic heterocycles. The summed E-state index contributed by atoms with van der Waals surface area (Å²) in [5.41, 5.74) is 4.53. The highest BCUT2D eigenvalue weighted by Crippen LogP contribution is 2.45. The van der Waals surface area contributed by atoms with Crippen LogP contribution in [0.15, 0.2) is 30.3 Å². The fraction of sp³-hybridized carbons (Fsp3) is 0.444. The molecule has 3 aromatic rings. The molecule has 2 heterocycles. The Hall–Kier alpha value is -2.71. The lowest BCUT2D eigenvalue weighted by Gasteiger charge is -2.42. The van der Waals surface area contributed by atoms with Crippen LogP contribution in [-0.4, -0.2) is 18.9 Å². The second kappa shape index (κ2) is 7.70. The summed E-state index contributed by atoms with van der Waals surface area (Å²) in [6.07, 6.45) is 4.20. The molecule has 0 unspecified atom stereocenters. The fourth-order valence-corrected chi connectivity index (χ4v) is 10.8. The van der Waals surface area contributed by atoms with Gasteiger partial charge in [0.1, 0.15) is 17.4 Å². The maximum atomic E-state index is 10.0. The first-order chi connectivity index (χ1) is 15.0. The third-order valence-electron chi connectivity index (χ3n) is 7.00. The summed E-state index contributed by atoms with van der Waals surface area (Å²) < 4.78 is 13.2. The van der Waals surface area contributed by atoms with Crippen LogP contribution in [0.5, 0.6) is 11.5 Å². The van der Waals surface area contributed by atoms with E-state index in [0.29, 0.717) is 27.9 Å². The predicted molar refractivity (Wildman–Crippen MR) is 136 cm³/mol. The molecule has 2 aromatic carbocycles. The van der Waals surface area contributed by atoms with Crippen LogP contribution in [0.2, 0.25) is 16.6 Å². The number of hydrogen-bond donors (Lipinski definition) is 1. The second-order valence-electron chi connectivity index (χ2n) is 10.5. The van der Waals surface area contributed by atoms with Gasteiger partial charge in [-0.2, -0.15) is 5.26 Å². The summed E-state index contributed by atoms with van der Waals surface area (Å²) in [6.45, 7) is 17.7. The highest BCUT2D eigenvalue weighted by molar-refractivity contribution is 6.78. The zero-order valence-corrected chi connectivity index (χ0v) is 21.5. The summed E-state index contributed by atoms with van der Waals surface area (Å²) in [4.78, 5) is 3.58. The Morgan fingerprint density at radius 1 is 1.00 bits per heavy atom. The molecule has 0 aliphatic carbocycles. The van der Waals surface area contributed by atoms with Crippen LogP contribution < -0.4 is 9.16 Å². The van der Waals surface area contributed by atoms with E-state index in [-0.39, 0.29) is 5.60 Å². The first-order valence-electron chi connectivity index (χ1n) is 11.6. The molecule has 0 spiro atoms. The number of aromatic amines is 1. The number of nitriles is 1. The van der Waals surface area contributed by atoms with Crippen molar-refractivity contribution in [3.8, 4) is 17.6 Å². The van der Waals surface area contributed by atoms with Gasteiger partial charge in [0.2, 0.25) is 0 Å². The van der Waals surface area contributed by atoms with Gasteiger partial charge in [-0.1, -0.05) is 59.8 Å². The molecule has 5 heteroatoms. The topological polar surface area (TPSA) is 58.0 Å². The van der Waals surface area contributed by atoms with Gasteiger partial charge in [0.15, 0.2) is 5.75 Å². The Morgan fingerprint density at radius 3 is 2.25 bits per heavy atom. The van der Waals surface area contributed by atoms with Crippen molar-refractivity contribution in [3.63, 3.8) is 0 Å². The Labute approximate surface area is 192 Å². The van der Waals surface area contributed by atoms with Gasteiger partial charge in [-0.05, 0) is 42.6 Å². The molecule has 32 heavy (non-hydrogen) atoms. The van der Waals surface area contributed by atoms with Crippen molar-refractivity contribution in [1.29, 1.82) is 5.26 Å². The van der Waals surface area contributed by atoms with Crippen LogP contribution in [0.1, 0.15) is 66.5 Å². The summed E-state index contributed by atoms with van der Waals surface area (Å²) >= 11 is 0. The zero-order chi connectivity index (χ0) is 23.4. The van der Waals surface area contributed by atoms with Gasteiger partial charge in [-0.3, -0.25) is 0 Å². The van der Waals surface area contributed by atoms with E-state index in [1.54, 1.807) is 0 Å². The molecule has 0 fully saturated rings. The number of nitrogens with one attached hydrogen (secondary N) is 1. The van der Waals surface area contributed by atoms with Gasteiger partial charge in [0, 0.05) is 22.4 Å². The molecule has 1 N–H and O–H groups in total. The SMILES string of the molecule is CC(C)[Si](Oc1cc2[nH]c3c4c(ccc3c2cc1C#N)C=CC(C)(C)O4)(C(C)C)C(C)C. The lowest BCUT2D eigenvalue weighted by atomic mass is 10.0. The number of benzene rings is 2. The molecular formula is C27H34N2O2Si. The van der Waals surface area contributed by atoms with Crippen LogP contribution in [0.4, 0.5) is 0 Å². The summed E-state index contributed by atoms with van der Waals surface area (Å²) in [5.74, 6) is 1.56. The van der Waals surface area contributed by atoms with Crippen molar-refractivity contribution in [3.05, 3.63) is 41.5 Å². The predicted octanol–water partition coefficient (Wildman–Crippen LogP) is 7.93. The highest BCUT2D eigenvalue weighted by atomic mass is 28.4. The Bertz CT molecular complexity index is 1240. The molecule has 4 nitrogen and oxygen atoms in total. The van der Waals surface area contributed by atoms with Crippen LogP contribution in [0, 0.1) is 11.3 Å². The third kappa shape index (κ3) is 3.42. The average molecular weight is 447 g/mol.